The topological polar surface area (TPSA) is 84.9 Å². The molecule has 2 aromatic rings. The third kappa shape index (κ3) is 7.30. The van der Waals surface area contributed by atoms with Crippen LogP contribution in [0.3, 0.4) is 0 Å². The van der Waals surface area contributed by atoms with Crippen LogP contribution in [0.4, 0.5) is 5.69 Å². The smallest absolute Gasteiger partial charge is 0.240 e. The van der Waals surface area contributed by atoms with Gasteiger partial charge < -0.3 is 14.8 Å². The van der Waals surface area contributed by atoms with E-state index in [0.717, 1.165) is 34.7 Å². The van der Waals surface area contributed by atoms with Crippen LogP contribution in [0.25, 0.3) is 0 Å². The Balaban J connectivity index is 1.87. The highest BCUT2D eigenvalue weighted by Gasteiger charge is 2.21. The molecule has 29 heavy (non-hydrogen) atoms. The second-order valence-corrected chi connectivity index (χ2v) is 8.41. The van der Waals surface area contributed by atoms with Crippen LogP contribution in [0.5, 0.6) is 11.5 Å². The molecule has 0 heterocycles. The summed E-state index contributed by atoms with van der Waals surface area (Å²) >= 11 is 0. The van der Waals surface area contributed by atoms with Gasteiger partial charge in [-0.3, -0.25) is 9.10 Å². The number of carbonyl (C=O) groups excluding carboxylic acids is 1. The highest BCUT2D eigenvalue weighted by molar-refractivity contribution is 7.92. The van der Waals surface area contributed by atoms with E-state index >= 15 is 0 Å². The van der Waals surface area contributed by atoms with Crippen molar-refractivity contribution in [2.45, 2.75) is 19.8 Å². The monoisotopic (exact) mass is 420 g/mol. The Morgan fingerprint density at radius 2 is 1.83 bits per heavy atom. The van der Waals surface area contributed by atoms with Gasteiger partial charge >= 0.3 is 0 Å². The lowest BCUT2D eigenvalue weighted by Crippen LogP contribution is -2.40. The zero-order valence-corrected chi connectivity index (χ0v) is 17.9. The van der Waals surface area contributed by atoms with Gasteiger partial charge in [0.2, 0.25) is 15.9 Å². The third-order valence-corrected chi connectivity index (χ3v) is 5.37. The number of nitrogens with one attached hydrogen (secondary N) is 1. The van der Waals surface area contributed by atoms with Crippen LogP contribution in [0.15, 0.2) is 48.5 Å². The molecule has 1 amide bonds. The van der Waals surface area contributed by atoms with Gasteiger partial charge in [-0.15, -0.1) is 0 Å². The molecule has 0 fully saturated rings. The minimum Gasteiger partial charge on any atom is -0.497 e. The first-order chi connectivity index (χ1) is 13.8. The van der Waals surface area contributed by atoms with Crippen molar-refractivity contribution in [2.24, 2.45) is 0 Å². The van der Waals surface area contributed by atoms with Crippen molar-refractivity contribution < 1.29 is 22.7 Å². The Bertz CT molecular complexity index is 898. The average Bonchev–Trinajstić information content (AvgIpc) is 2.70. The van der Waals surface area contributed by atoms with E-state index in [4.69, 9.17) is 9.47 Å². The molecule has 0 saturated carbocycles. The maximum absolute atomic E-state index is 12.3. The number of nitrogens with zero attached hydrogens (tertiary/aromatic N) is 1. The first kappa shape index (κ1) is 22.5. The first-order valence-corrected chi connectivity index (χ1v) is 11.3. The van der Waals surface area contributed by atoms with Crippen LogP contribution in [0.2, 0.25) is 0 Å². The van der Waals surface area contributed by atoms with Gasteiger partial charge in [0.25, 0.3) is 0 Å². The first-order valence-electron chi connectivity index (χ1n) is 9.43. The van der Waals surface area contributed by atoms with Crippen LogP contribution in [0.1, 0.15) is 18.9 Å². The van der Waals surface area contributed by atoms with Gasteiger partial charge in [-0.05, 0) is 49.6 Å². The molecule has 0 aliphatic carbocycles. The Morgan fingerprint density at radius 1 is 1.10 bits per heavy atom. The summed E-state index contributed by atoms with van der Waals surface area (Å²) in [5.41, 5.74) is 1.54. The Morgan fingerprint density at radius 3 is 2.45 bits per heavy atom. The summed E-state index contributed by atoms with van der Waals surface area (Å²) in [7, 11) is -2.11. The fourth-order valence-corrected chi connectivity index (χ4v) is 3.64. The molecule has 2 rings (SSSR count). The number of carbonyl (C=O) groups is 1. The molecule has 8 heteroatoms. The number of amides is 1. The van der Waals surface area contributed by atoms with Gasteiger partial charge in [0.1, 0.15) is 18.0 Å². The second kappa shape index (κ2) is 10.7. The zero-order chi connectivity index (χ0) is 21.3. The third-order valence-electron chi connectivity index (χ3n) is 4.23. The Hall–Kier alpha value is -2.74. The van der Waals surface area contributed by atoms with Gasteiger partial charge in [-0.25, -0.2) is 8.42 Å². The van der Waals surface area contributed by atoms with Crippen molar-refractivity contribution >= 4 is 21.6 Å². The van der Waals surface area contributed by atoms with Gasteiger partial charge in [-0.2, -0.15) is 0 Å². The number of rotatable bonds is 11. The van der Waals surface area contributed by atoms with Gasteiger partial charge in [0.05, 0.1) is 25.7 Å². The quantitative estimate of drug-likeness (QED) is 0.565. The number of benzene rings is 2. The molecule has 7 nitrogen and oxygen atoms in total. The molecule has 2 aromatic carbocycles. The molecule has 0 spiro atoms. The van der Waals surface area contributed by atoms with Crippen LogP contribution in [-0.2, 0) is 21.2 Å². The number of anilines is 1. The molecule has 0 unspecified atom stereocenters. The molecule has 0 bridgehead atoms. The largest absolute Gasteiger partial charge is 0.497 e. The highest BCUT2D eigenvalue weighted by atomic mass is 32.2. The lowest BCUT2D eigenvalue weighted by molar-refractivity contribution is -0.119. The molecule has 0 atom stereocenters. The SMILES string of the molecule is CCOc1ccc(CCCNC(=O)CN(c2cccc(OC)c2)S(C)(=O)=O)cc1. The lowest BCUT2D eigenvalue weighted by atomic mass is 10.1. The number of hydrogen-bond acceptors (Lipinski definition) is 5. The van der Waals surface area contributed by atoms with E-state index in [1.807, 2.05) is 31.2 Å². The highest BCUT2D eigenvalue weighted by Crippen LogP contribution is 2.22. The van der Waals surface area contributed by atoms with E-state index in [-0.39, 0.29) is 12.5 Å². The molecule has 0 aliphatic heterocycles. The van der Waals surface area contributed by atoms with E-state index in [9.17, 15) is 13.2 Å². The van der Waals surface area contributed by atoms with Crippen molar-refractivity contribution in [3.8, 4) is 11.5 Å². The van der Waals surface area contributed by atoms with Crippen LogP contribution in [-0.4, -0.2) is 47.4 Å². The van der Waals surface area contributed by atoms with Crippen molar-refractivity contribution in [3.05, 3.63) is 54.1 Å². The predicted octanol–water partition coefficient (Wildman–Crippen LogP) is 2.61. The van der Waals surface area contributed by atoms with Crippen molar-refractivity contribution in [1.82, 2.24) is 5.32 Å². The summed E-state index contributed by atoms with van der Waals surface area (Å²) in [4.78, 5) is 12.3. The molecule has 158 valence electrons. The Kier molecular flexibility index (Phi) is 8.33. The van der Waals surface area contributed by atoms with E-state index in [2.05, 4.69) is 5.32 Å². The van der Waals surface area contributed by atoms with Crippen LogP contribution in [0, 0.1) is 0 Å². The normalized spacial score (nSPS) is 11.0. The van der Waals surface area contributed by atoms with Crippen LogP contribution < -0.4 is 19.1 Å². The van der Waals surface area contributed by atoms with Gasteiger partial charge in [0.15, 0.2) is 0 Å². The summed E-state index contributed by atoms with van der Waals surface area (Å²) in [5.74, 6) is 1.000. The molecular weight excluding hydrogens is 392 g/mol. The minimum atomic E-state index is -3.62. The van der Waals surface area contributed by atoms with Crippen molar-refractivity contribution in [2.75, 3.05) is 37.4 Å². The fraction of sp³-hybridized carbons (Fsp3) is 0.381. The summed E-state index contributed by atoms with van der Waals surface area (Å²) < 4.78 is 35.9. The standard InChI is InChI=1S/C21H28N2O5S/c1-4-28-19-12-10-17(11-13-19)7-6-14-22-21(24)16-23(29(3,25)26)18-8-5-9-20(15-18)27-2/h5,8-13,15H,4,6-7,14,16H2,1-3H3,(H,22,24). The number of hydrogen-bond donors (Lipinski definition) is 1. The van der Waals surface area contributed by atoms with Crippen molar-refractivity contribution in [3.63, 3.8) is 0 Å². The fourth-order valence-electron chi connectivity index (χ4n) is 2.79. The van der Waals surface area contributed by atoms with Gasteiger partial charge in [0, 0.05) is 12.6 Å². The maximum Gasteiger partial charge on any atom is 0.240 e. The van der Waals surface area contributed by atoms with E-state index in [1.54, 1.807) is 24.3 Å². The summed E-state index contributed by atoms with van der Waals surface area (Å²) in [6.07, 6.45) is 2.63. The number of methoxy groups -OCH3 is 1. The predicted molar refractivity (Wildman–Crippen MR) is 114 cm³/mol. The Labute approximate surface area is 172 Å². The van der Waals surface area contributed by atoms with E-state index in [1.165, 1.54) is 7.11 Å². The minimum absolute atomic E-state index is 0.283. The summed E-state index contributed by atoms with van der Waals surface area (Å²) in [6, 6.07) is 14.5. The number of sulfonamides is 1. The molecule has 0 aromatic heterocycles. The molecule has 0 aliphatic rings. The number of ether oxygens (including phenoxy) is 2. The lowest BCUT2D eigenvalue weighted by Gasteiger charge is -2.22. The molecular formula is C21H28N2O5S. The zero-order valence-electron chi connectivity index (χ0n) is 17.1. The average molecular weight is 421 g/mol. The maximum atomic E-state index is 12.3. The van der Waals surface area contributed by atoms with Crippen LogP contribution >= 0.6 is 0 Å². The second-order valence-electron chi connectivity index (χ2n) is 6.50. The van der Waals surface area contributed by atoms with Gasteiger partial charge in [-0.1, -0.05) is 18.2 Å². The van der Waals surface area contributed by atoms with E-state index in [0.29, 0.717) is 24.6 Å². The number of aryl methyl sites for hydroxylation is 1. The van der Waals surface area contributed by atoms with Crippen molar-refractivity contribution in [1.29, 1.82) is 0 Å². The molecule has 1 N–H and O–H groups in total. The summed E-state index contributed by atoms with van der Waals surface area (Å²) in [6.45, 7) is 2.75. The van der Waals surface area contributed by atoms with E-state index < -0.39 is 10.0 Å². The molecule has 0 radical (unpaired) electrons. The molecule has 0 saturated heterocycles. The summed E-state index contributed by atoms with van der Waals surface area (Å²) in [5, 5.41) is 2.78.